The summed E-state index contributed by atoms with van der Waals surface area (Å²) in [7, 11) is 1.42. The van der Waals surface area contributed by atoms with Crippen LogP contribution in [-0.2, 0) is 4.79 Å². The molecule has 1 atom stereocenters. The number of amides is 1. The van der Waals surface area contributed by atoms with Crippen LogP contribution in [0, 0.1) is 12.8 Å². The Bertz CT molecular complexity index is 555. The van der Waals surface area contributed by atoms with Crippen LogP contribution in [0.15, 0.2) is 12.1 Å². The minimum absolute atomic E-state index is 0.146. The summed E-state index contributed by atoms with van der Waals surface area (Å²) >= 11 is 0. The Kier molecular flexibility index (Phi) is 3.83. The van der Waals surface area contributed by atoms with E-state index in [9.17, 15) is 14.7 Å². The molecule has 0 bridgehead atoms. The Morgan fingerprint density at radius 3 is 2.65 bits per heavy atom. The largest absolute Gasteiger partial charge is 0.504 e. The summed E-state index contributed by atoms with van der Waals surface area (Å²) in [6.07, 6.45) is 0.435. The van der Waals surface area contributed by atoms with E-state index in [0.717, 1.165) is 5.56 Å². The van der Waals surface area contributed by atoms with Gasteiger partial charge in [-0.25, -0.2) is 0 Å². The van der Waals surface area contributed by atoms with Crippen molar-refractivity contribution in [1.29, 1.82) is 0 Å². The highest BCUT2D eigenvalue weighted by Gasteiger charge is 2.32. The number of phenolic OH excluding ortho intramolecular Hbond substituents is 1. The molecular weight excluding hydrogens is 262 g/mol. The van der Waals surface area contributed by atoms with Crippen molar-refractivity contribution in [2.24, 2.45) is 5.92 Å². The van der Waals surface area contributed by atoms with Gasteiger partial charge in [0.25, 0.3) is 5.91 Å². The minimum atomic E-state index is -0.897. The summed E-state index contributed by atoms with van der Waals surface area (Å²) in [6.45, 7) is 2.35. The van der Waals surface area contributed by atoms with Crippen molar-refractivity contribution in [2.45, 2.75) is 13.3 Å². The molecule has 0 saturated carbocycles. The quantitative estimate of drug-likeness (QED) is 0.869. The predicted molar refractivity (Wildman–Crippen MR) is 71.0 cm³/mol. The average Bonchev–Trinajstić information content (AvgIpc) is 2.90. The number of carbonyl (C=O) groups excluding carboxylic acids is 1. The standard InChI is InChI=1S/C14H17NO5/c1-8-5-10(12(16)11(6-8)20-2)13(17)15-4-3-9(7-15)14(18)19/h5-6,9,16H,3-4,7H2,1-2H3,(H,18,19). The molecule has 1 saturated heterocycles. The molecule has 0 spiro atoms. The summed E-state index contributed by atoms with van der Waals surface area (Å²) in [5.41, 5.74) is 0.935. The molecule has 1 aliphatic heterocycles. The molecular formula is C14H17NO5. The van der Waals surface area contributed by atoms with Gasteiger partial charge < -0.3 is 19.8 Å². The Labute approximate surface area is 116 Å². The molecule has 0 aliphatic carbocycles. The van der Waals surface area contributed by atoms with Gasteiger partial charge in [-0.1, -0.05) is 0 Å². The molecule has 20 heavy (non-hydrogen) atoms. The Morgan fingerprint density at radius 1 is 1.40 bits per heavy atom. The number of hydrogen-bond donors (Lipinski definition) is 2. The number of nitrogens with zero attached hydrogens (tertiary/aromatic N) is 1. The molecule has 1 unspecified atom stereocenters. The number of aromatic hydroxyl groups is 1. The third-order valence-electron chi connectivity index (χ3n) is 3.49. The number of aryl methyl sites for hydroxylation is 1. The molecule has 2 N–H and O–H groups in total. The smallest absolute Gasteiger partial charge is 0.308 e. The number of carboxylic acids is 1. The molecule has 0 aromatic heterocycles. The van der Waals surface area contributed by atoms with Crippen molar-refractivity contribution < 1.29 is 24.5 Å². The van der Waals surface area contributed by atoms with Crippen molar-refractivity contribution in [3.8, 4) is 11.5 Å². The van der Waals surface area contributed by atoms with Crippen LogP contribution in [0.4, 0.5) is 0 Å². The molecule has 0 radical (unpaired) electrons. The Hall–Kier alpha value is -2.24. The lowest BCUT2D eigenvalue weighted by molar-refractivity contribution is -0.141. The molecule has 6 heteroatoms. The van der Waals surface area contributed by atoms with Crippen molar-refractivity contribution in [1.82, 2.24) is 4.90 Å². The molecule has 1 fully saturated rings. The fraction of sp³-hybridized carbons (Fsp3) is 0.429. The first kappa shape index (κ1) is 14.2. The molecule has 6 nitrogen and oxygen atoms in total. The van der Waals surface area contributed by atoms with Gasteiger partial charge in [0.05, 0.1) is 18.6 Å². The Balaban J connectivity index is 2.26. The van der Waals surface area contributed by atoms with E-state index in [2.05, 4.69) is 0 Å². The summed E-state index contributed by atoms with van der Waals surface area (Å²) in [4.78, 5) is 24.7. The number of rotatable bonds is 3. The van der Waals surface area contributed by atoms with Gasteiger partial charge in [0.2, 0.25) is 0 Å². The van der Waals surface area contributed by atoms with Crippen LogP contribution >= 0.6 is 0 Å². The first-order valence-electron chi connectivity index (χ1n) is 6.33. The van der Waals surface area contributed by atoms with Crippen molar-refractivity contribution in [3.63, 3.8) is 0 Å². The van der Waals surface area contributed by atoms with Gasteiger partial charge in [-0.2, -0.15) is 0 Å². The molecule has 2 rings (SSSR count). The van der Waals surface area contributed by atoms with E-state index in [4.69, 9.17) is 9.84 Å². The topological polar surface area (TPSA) is 87.1 Å². The van der Waals surface area contributed by atoms with Crippen LogP contribution in [0.2, 0.25) is 0 Å². The SMILES string of the molecule is COc1cc(C)cc(C(=O)N2CCC(C(=O)O)C2)c1O. The van der Waals surface area contributed by atoms with E-state index in [1.54, 1.807) is 19.1 Å². The van der Waals surface area contributed by atoms with Crippen LogP contribution in [0.5, 0.6) is 11.5 Å². The van der Waals surface area contributed by atoms with E-state index >= 15 is 0 Å². The zero-order valence-electron chi connectivity index (χ0n) is 11.4. The summed E-state index contributed by atoms with van der Waals surface area (Å²) in [5, 5.41) is 19.0. The first-order chi connectivity index (χ1) is 9.43. The maximum absolute atomic E-state index is 12.4. The maximum atomic E-state index is 12.4. The molecule has 1 aliphatic rings. The number of phenols is 1. The lowest BCUT2D eigenvalue weighted by Crippen LogP contribution is -2.30. The second-order valence-corrected chi connectivity index (χ2v) is 4.94. The molecule has 108 valence electrons. The third-order valence-corrected chi connectivity index (χ3v) is 3.49. The van der Waals surface area contributed by atoms with Gasteiger partial charge in [-0.15, -0.1) is 0 Å². The zero-order chi connectivity index (χ0) is 14.9. The highest BCUT2D eigenvalue weighted by molar-refractivity contribution is 5.98. The summed E-state index contributed by atoms with van der Waals surface area (Å²) < 4.78 is 5.02. The summed E-state index contributed by atoms with van der Waals surface area (Å²) in [6, 6.07) is 3.21. The van der Waals surface area contributed by atoms with Crippen molar-refractivity contribution in [2.75, 3.05) is 20.2 Å². The number of aliphatic carboxylic acids is 1. The number of ether oxygens (including phenoxy) is 1. The number of methoxy groups -OCH3 is 1. The number of benzene rings is 1. The van der Waals surface area contributed by atoms with E-state index in [-0.39, 0.29) is 29.5 Å². The van der Waals surface area contributed by atoms with Crippen LogP contribution < -0.4 is 4.74 Å². The van der Waals surface area contributed by atoms with E-state index in [1.807, 2.05) is 0 Å². The van der Waals surface area contributed by atoms with Gasteiger partial charge in [-0.05, 0) is 31.0 Å². The molecule has 1 aromatic rings. The maximum Gasteiger partial charge on any atom is 0.308 e. The monoisotopic (exact) mass is 279 g/mol. The molecule has 1 aromatic carbocycles. The van der Waals surface area contributed by atoms with Gasteiger partial charge >= 0.3 is 5.97 Å². The van der Waals surface area contributed by atoms with Gasteiger partial charge in [0.15, 0.2) is 11.5 Å². The lowest BCUT2D eigenvalue weighted by Gasteiger charge is -2.18. The predicted octanol–water partition coefficient (Wildman–Crippen LogP) is 1.26. The number of carbonyl (C=O) groups is 2. The number of likely N-dealkylation sites (tertiary alicyclic amines) is 1. The van der Waals surface area contributed by atoms with Crippen LogP contribution in [0.3, 0.4) is 0 Å². The van der Waals surface area contributed by atoms with E-state index < -0.39 is 11.9 Å². The zero-order valence-corrected chi connectivity index (χ0v) is 11.4. The van der Waals surface area contributed by atoms with E-state index in [1.165, 1.54) is 12.0 Å². The lowest BCUT2D eigenvalue weighted by atomic mass is 10.1. The second kappa shape index (κ2) is 5.40. The fourth-order valence-electron chi connectivity index (χ4n) is 2.38. The van der Waals surface area contributed by atoms with Crippen molar-refractivity contribution >= 4 is 11.9 Å². The average molecular weight is 279 g/mol. The minimum Gasteiger partial charge on any atom is -0.504 e. The van der Waals surface area contributed by atoms with Crippen LogP contribution in [-0.4, -0.2) is 47.2 Å². The first-order valence-corrected chi connectivity index (χ1v) is 6.33. The number of carboxylic acid groups (broad SMARTS) is 1. The van der Waals surface area contributed by atoms with Gasteiger partial charge in [-0.3, -0.25) is 9.59 Å². The van der Waals surface area contributed by atoms with Gasteiger partial charge in [0, 0.05) is 13.1 Å². The van der Waals surface area contributed by atoms with Crippen molar-refractivity contribution in [3.05, 3.63) is 23.3 Å². The Morgan fingerprint density at radius 2 is 2.10 bits per heavy atom. The fourth-order valence-corrected chi connectivity index (χ4v) is 2.38. The van der Waals surface area contributed by atoms with Crippen LogP contribution in [0.25, 0.3) is 0 Å². The summed E-state index contributed by atoms with van der Waals surface area (Å²) in [5.74, 6) is -1.77. The highest BCUT2D eigenvalue weighted by atomic mass is 16.5. The second-order valence-electron chi connectivity index (χ2n) is 4.94. The normalized spacial score (nSPS) is 18.1. The highest BCUT2D eigenvalue weighted by Crippen LogP contribution is 2.33. The number of hydrogen-bond acceptors (Lipinski definition) is 4. The van der Waals surface area contributed by atoms with E-state index in [0.29, 0.717) is 13.0 Å². The molecule has 1 amide bonds. The van der Waals surface area contributed by atoms with Gasteiger partial charge in [0.1, 0.15) is 0 Å². The molecule has 1 heterocycles. The third kappa shape index (κ3) is 2.54. The van der Waals surface area contributed by atoms with Crippen LogP contribution in [0.1, 0.15) is 22.3 Å².